The van der Waals surface area contributed by atoms with Crippen LogP contribution in [0.25, 0.3) is 0 Å². The number of hydrogen-bond acceptors (Lipinski definition) is 4. The minimum absolute atomic E-state index is 0.325. The van der Waals surface area contributed by atoms with Crippen LogP contribution in [0.4, 0.5) is 0 Å². The SMILES string of the molecule is C[C@@H](NCCOc1ccccc1C#N)[C@@H]1CCCO1. The van der Waals surface area contributed by atoms with Crippen molar-refractivity contribution in [1.29, 1.82) is 5.26 Å². The molecule has 1 saturated heterocycles. The van der Waals surface area contributed by atoms with Gasteiger partial charge in [-0.3, -0.25) is 0 Å². The van der Waals surface area contributed by atoms with Crippen LogP contribution in [0.3, 0.4) is 0 Å². The van der Waals surface area contributed by atoms with Crippen LogP contribution in [0.2, 0.25) is 0 Å². The highest BCUT2D eigenvalue weighted by Gasteiger charge is 2.21. The van der Waals surface area contributed by atoms with E-state index in [-0.39, 0.29) is 0 Å². The molecule has 0 aliphatic carbocycles. The molecule has 4 nitrogen and oxygen atoms in total. The van der Waals surface area contributed by atoms with Crippen molar-refractivity contribution in [3.05, 3.63) is 29.8 Å². The third kappa shape index (κ3) is 3.95. The average Bonchev–Trinajstić information content (AvgIpc) is 2.98. The summed E-state index contributed by atoms with van der Waals surface area (Å²) in [6.45, 7) is 4.32. The maximum atomic E-state index is 8.94. The second-order valence-corrected chi connectivity index (χ2v) is 4.75. The fourth-order valence-corrected chi connectivity index (χ4v) is 2.26. The summed E-state index contributed by atoms with van der Waals surface area (Å²) in [5.74, 6) is 0.650. The van der Waals surface area contributed by atoms with Crippen LogP contribution in [0.1, 0.15) is 25.3 Å². The van der Waals surface area contributed by atoms with Gasteiger partial charge in [0.1, 0.15) is 18.4 Å². The summed E-state index contributed by atoms with van der Waals surface area (Å²) in [5.41, 5.74) is 0.578. The fraction of sp³-hybridized carbons (Fsp3) is 0.533. The Morgan fingerprint density at radius 3 is 3.11 bits per heavy atom. The minimum Gasteiger partial charge on any atom is -0.491 e. The first kappa shape index (κ1) is 13.9. The van der Waals surface area contributed by atoms with Crippen molar-refractivity contribution in [1.82, 2.24) is 5.32 Å². The molecule has 1 aliphatic rings. The molecule has 0 saturated carbocycles. The highest BCUT2D eigenvalue weighted by atomic mass is 16.5. The maximum absolute atomic E-state index is 8.94. The Kier molecular flexibility index (Phi) is 5.20. The smallest absolute Gasteiger partial charge is 0.137 e. The molecule has 1 aliphatic heterocycles. The number of nitrogens with zero attached hydrogens (tertiary/aromatic N) is 1. The van der Waals surface area contributed by atoms with Gasteiger partial charge in [-0.2, -0.15) is 5.26 Å². The Balaban J connectivity index is 1.70. The zero-order valence-corrected chi connectivity index (χ0v) is 11.3. The molecular formula is C15H20N2O2. The largest absolute Gasteiger partial charge is 0.491 e. The van der Waals surface area contributed by atoms with E-state index < -0.39 is 0 Å². The summed E-state index contributed by atoms with van der Waals surface area (Å²) in [6.07, 6.45) is 2.61. The van der Waals surface area contributed by atoms with E-state index in [4.69, 9.17) is 14.7 Å². The second-order valence-electron chi connectivity index (χ2n) is 4.75. The summed E-state index contributed by atoms with van der Waals surface area (Å²) in [7, 11) is 0. The topological polar surface area (TPSA) is 54.3 Å². The fourth-order valence-electron chi connectivity index (χ4n) is 2.26. The van der Waals surface area contributed by atoms with E-state index in [1.54, 1.807) is 6.07 Å². The van der Waals surface area contributed by atoms with Crippen LogP contribution in [0.5, 0.6) is 5.75 Å². The van der Waals surface area contributed by atoms with Crippen LogP contribution in [0.15, 0.2) is 24.3 Å². The molecule has 0 radical (unpaired) electrons. The Hall–Kier alpha value is -1.57. The number of ether oxygens (including phenoxy) is 2. The Bertz CT molecular complexity index is 436. The standard InChI is InChI=1S/C15H20N2O2/c1-12(14-7-4-9-18-14)17-8-10-19-15-6-3-2-5-13(15)11-16/h2-3,5-6,12,14,17H,4,7-10H2,1H3/t12-,14+/m1/s1. The Morgan fingerprint density at radius 2 is 2.37 bits per heavy atom. The summed E-state index contributed by atoms with van der Waals surface area (Å²) < 4.78 is 11.2. The van der Waals surface area contributed by atoms with Gasteiger partial charge in [-0.25, -0.2) is 0 Å². The Labute approximate surface area is 114 Å². The first-order valence-electron chi connectivity index (χ1n) is 6.78. The van der Waals surface area contributed by atoms with Crippen molar-refractivity contribution in [2.75, 3.05) is 19.8 Å². The van der Waals surface area contributed by atoms with E-state index in [2.05, 4.69) is 18.3 Å². The number of benzene rings is 1. The summed E-state index contributed by atoms with van der Waals surface area (Å²) >= 11 is 0. The molecule has 2 rings (SSSR count). The molecule has 1 N–H and O–H groups in total. The van der Waals surface area contributed by atoms with Gasteiger partial charge in [0, 0.05) is 19.2 Å². The number of nitrogens with one attached hydrogen (secondary N) is 1. The van der Waals surface area contributed by atoms with Crippen LogP contribution < -0.4 is 10.1 Å². The van der Waals surface area contributed by atoms with Gasteiger partial charge in [0.05, 0.1) is 11.7 Å². The van der Waals surface area contributed by atoms with E-state index in [1.165, 1.54) is 0 Å². The number of nitriles is 1. The highest BCUT2D eigenvalue weighted by molar-refractivity contribution is 5.42. The molecule has 2 atom stereocenters. The van der Waals surface area contributed by atoms with E-state index in [1.807, 2.05) is 18.2 Å². The first-order valence-corrected chi connectivity index (χ1v) is 6.78. The lowest BCUT2D eigenvalue weighted by atomic mass is 10.1. The first-order chi connectivity index (χ1) is 9.31. The summed E-state index contributed by atoms with van der Waals surface area (Å²) in [4.78, 5) is 0. The molecule has 1 aromatic carbocycles. The summed E-state index contributed by atoms with van der Waals surface area (Å²) in [6, 6.07) is 9.76. The average molecular weight is 260 g/mol. The molecule has 1 heterocycles. The van der Waals surface area contributed by atoms with Gasteiger partial charge in [0.2, 0.25) is 0 Å². The predicted octanol–water partition coefficient (Wildman–Crippen LogP) is 2.09. The van der Waals surface area contributed by atoms with E-state index in [9.17, 15) is 0 Å². The van der Waals surface area contributed by atoms with Crippen molar-refractivity contribution < 1.29 is 9.47 Å². The van der Waals surface area contributed by atoms with E-state index >= 15 is 0 Å². The van der Waals surface area contributed by atoms with Crippen molar-refractivity contribution in [2.45, 2.75) is 31.9 Å². The molecule has 0 unspecified atom stereocenters. The van der Waals surface area contributed by atoms with Crippen molar-refractivity contribution in [3.8, 4) is 11.8 Å². The maximum Gasteiger partial charge on any atom is 0.137 e. The van der Waals surface area contributed by atoms with Gasteiger partial charge in [-0.05, 0) is 31.9 Å². The van der Waals surface area contributed by atoms with Crippen LogP contribution in [0, 0.1) is 11.3 Å². The van der Waals surface area contributed by atoms with Gasteiger partial charge in [0.15, 0.2) is 0 Å². The molecule has 1 aromatic rings. The van der Waals surface area contributed by atoms with Gasteiger partial charge in [-0.15, -0.1) is 0 Å². The third-order valence-electron chi connectivity index (χ3n) is 3.36. The lowest BCUT2D eigenvalue weighted by Crippen LogP contribution is -2.39. The number of rotatable bonds is 6. The van der Waals surface area contributed by atoms with Gasteiger partial charge in [0.25, 0.3) is 0 Å². The highest BCUT2D eigenvalue weighted by Crippen LogP contribution is 2.17. The van der Waals surface area contributed by atoms with Gasteiger partial charge < -0.3 is 14.8 Å². The second kappa shape index (κ2) is 7.13. The van der Waals surface area contributed by atoms with Crippen LogP contribution in [-0.4, -0.2) is 31.9 Å². The molecule has 4 heteroatoms. The third-order valence-corrected chi connectivity index (χ3v) is 3.36. The molecule has 0 aromatic heterocycles. The zero-order valence-electron chi connectivity index (χ0n) is 11.3. The van der Waals surface area contributed by atoms with Crippen LogP contribution >= 0.6 is 0 Å². The normalized spacial score (nSPS) is 19.9. The molecular weight excluding hydrogens is 240 g/mol. The molecule has 0 spiro atoms. The molecule has 19 heavy (non-hydrogen) atoms. The van der Waals surface area contributed by atoms with E-state index in [0.29, 0.717) is 30.1 Å². The predicted molar refractivity (Wildman–Crippen MR) is 73.1 cm³/mol. The minimum atomic E-state index is 0.325. The monoisotopic (exact) mass is 260 g/mol. The lowest BCUT2D eigenvalue weighted by Gasteiger charge is -2.20. The van der Waals surface area contributed by atoms with Crippen LogP contribution in [-0.2, 0) is 4.74 Å². The molecule has 0 bridgehead atoms. The molecule has 1 fully saturated rings. The molecule has 102 valence electrons. The number of para-hydroxylation sites is 1. The Morgan fingerprint density at radius 1 is 1.53 bits per heavy atom. The lowest BCUT2D eigenvalue weighted by molar-refractivity contribution is 0.0824. The van der Waals surface area contributed by atoms with E-state index in [0.717, 1.165) is 26.0 Å². The van der Waals surface area contributed by atoms with Crippen molar-refractivity contribution in [3.63, 3.8) is 0 Å². The van der Waals surface area contributed by atoms with Gasteiger partial charge >= 0.3 is 0 Å². The summed E-state index contributed by atoms with van der Waals surface area (Å²) in [5, 5.41) is 12.3. The van der Waals surface area contributed by atoms with Crippen molar-refractivity contribution in [2.24, 2.45) is 0 Å². The quantitative estimate of drug-likeness (QED) is 0.796. The zero-order chi connectivity index (χ0) is 13.5. The number of hydrogen-bond donors (Lipinski definition) is 1. The van der Waals surface area contributed by atoms with Crippen molar-refractivity contribution >= 4 is 0 Å². The van der Waals surface area contributed by atoms with Gasteiger partial charge in [-0.1, -0.05) is 12.1 Å². The molecule has 0 amide bonds.